The number of nitrogens with zero attached hydrogens (tertiary/aromatic N) is 3. The minimum Gasteiger partial charge on any atom is -0.467 e. The molecule has 0 aliphatic carbocycles. The van der Waals surface area contributed by atoms with E-state index in [2.05, 4.69) is 16.0 Å². The smallest absolute Gasteiger partial charge is 0.228 e. The first-order valence-electron chi connectivity index (χ1n) is 10.2. The minimum absolute atomic E-state index is 0.0998. The van der Waals surface area contributed by atoms with Gasteiger partial charge in [0.05, 0.1) is 24.9 Å². The third-order valence-corrected chi connectivity index (χ3v) is 7.26. The summed E-state index contributed by atoms with van der Waals surface area (Å²) in [6, 6.07) is 15.4. The summed E-state index contributed by atoms with van der Waals surface area (Å²) in [4.78, 5) is 21.7. The van der Waals surface area contributed by atoms with E-state index in [4.69, 9.17) is 21.0 Å². The van der Waals surface area contributed by atoms with E-state index in [-0.39, 0.29) is 5.91 Å². The molecule has 1 amide bonds. The summed E-state index contributed by atoms with van der Waals surface area (Å²) in [7, 11) is 0. The number of aromatic nitrogens is 2. The monoisotopic (exact) mass is 481 g/mol. The topological polar surface area (TPSA) is 50.8 Å². The van der Waals surface area contributed by atoms with Gasteiger partial charge in [-0.05, 0) is 35.7 Å². The third kappa shape index (κ3) is 4.65. The van der Waals surface area contributed by atoms with Crippen LogP contribution >= 0.6 is 34.3 Å². The molecule has 0 bridgehead atoms. The van der Waals surface area contributed by atoms with Crippen LogP contribution in [0.15, 0.2) is 76.2 Å². The van der Waals surface area contributed by atoms with Crippen molar-refractivity contribution in [2.24, 2.45) is 0 Å². The summed E-state index contributed by atoms with van der Waals surface area (Å²) in [6.45, 7) is 1.07. The van der Waals surface area contributed by atoms with Crippen molar-refractivity contribution in [3.05, 3.63) is 93.1 Å². The maximum absolute atomic E-state index is 13.0. The molecular weight excluding hydrogens is 462 g/mol. The van der Waals surface area contributed by atoms with Crippen LogP contribution in [0, 0.1) is 0 Å². The van der Waals surface area contributed by atoms with Crippen LogP contribution in [0.1, 0.15) is 16.3 Å². The molecule has 0 fully saturated rings. The molecule has 0 atom stereocenters. The summed E-state index contributed by atoms with van der Waals surface area (Å²) in [5.41, 5.74) is 3.07. The van der Waals surface area contributed by atoms with Crippen LogP contribution in [0.2, 0.25) is 5.02 Å². The Morgan fingerprint density at radius 1 is 1.12 bits per heavy atom. The number of hydrogen-bond donors (Lipinski definition) is 0. The van der Waals surface area contributed by atoms with Crippen molar-refractivity contribution >= 4 is 45.1 Å². The average molecular weight is 482 g/mol. The van der Waals surface area contributed by atoms with Gasteiger partial charge in [-0.2, -0.15) is 0 Å². The molecular formula is C24H20ClN3O2S2. The maximum atomic E-state index is 13.0. The molecule has 0 aliphatic heterocycles. The predicted octanol–water partition coefficient (Wildman–Crippen LogP) is 6.18. The molecule has 0 saturated heterocycles. The fourth-order valence-corrected chi connectivity index (χ4v) is 5.30. The number of fused-ring (bicyclic) bond motifs is 1. The van der Waals surface area contributed by atoms with Crippen LogP contribution < -0.4 is 0 Å². The van der Waals surface area contributed by atoms with Crippen LogP contribution in [0.5, 0.6) is 0 Å². The van der Waals surface area contributed by atoms with Gasteiger partial charge in [-0.25, -0.2) is 4.98 Å². The molecule has 1 aromatic carbocycles. The van der Waals surface area contributed by atoms with Crippen molar-refractivity contribution in [1.82, 2.24) is 14.3 Å². The van der Waals surface area contributed by atoms with E-state index in [0.717, 1.165) is 39.0 Å². The SMILES string of the molecule is O=C(Cc1cccs1)N(CCc1csc2nc(-c3ccc(Cl)cc3)cn12)Cc1ccco1. The van der Waals surface area contributed by atoms with Crippen molar-refractivity contribution in [2.75, 3.05) is 6.54 Å². The Hall–Kier alpha value is -2.87. The second-order valence-corrected chi connectivity index (χ2v) is 9.72. The highest BCUT2D eigenvalue weighted by molar-refractivity contribution is 7.15. The largest absolute Gasteiger partial charge is 0.467 e. The Balaban J connectivity index is 1.33. The van der Waals surface area contributed by atoms with E-state index in [1.807, 2.05) is 58.8 Å². The van der Waals surface area contributed by atoms with Gasteiger partial charge in [-0.1, -0.05) is 29.8 Å². The zero-order valence-corrected chi connectivity index (χ0v) is 19.5. The molecule has 0 radical (unpaired) electrons. The first-order valence-corrected chi connectivity index (χ1v) is 12.3. The molecule has 5 rings (SSSR count). The van der Waals surface area contributed by atoms with E-state index >= 15 is 0 Å². The maximum Gasteiger partial charge on any atom is 0.228 e. The van der Waals surface area contributed by atoms with E-state index < -0.39 is 0 Å². The van der Waals surface area contributed by atoms with Crippen LogP contribution in [0.25, 0.3) is 16.2 Å². The molecule has 0 aliphatic rings. The highest BCUT2D eigenvalue weighted by Crippen LogP contribution is 2.25. The Bertz CT molecular complexity index is 1310. The second-order valence-electron chi connectivity index (χ2n) is 7.41. The highest BCUT2D eigenvalue weighted by Gasteiger charge is 2.18. The third-order valence-electron chi connectivity index (χ3n) is 5.25. The normalized spacial score (nSPS) is 11.3. The molecule has 162 valence electrons. The Labute approximate surface area is 198 Å². The fourth-order valence-electron chi connectivity index (χ4n) is 3.57. The van der Waals surface area contributed by atoms with Gasteiger partial charge in [-0.15, -0.1) is 22.7 Å². The Morgan fingerprint density at radius 3 is 2.75 bits per heavy atom. The van der Waals surface area contributed by atoms with Crippen LogP contribution in [0.3, 0.4) is 0 Å². The fraction of sp³-hybridized carbons (Fsp3) is 0.167. The lowest BCUT2D eigenvalue weighted by Crippen LogP contribution is -2.33. The number of thiazole rings is 1. The van der Waals surface area contributed by atoms with Crippen LogP contribution in [-0.4, -0.2) is 26.7 Å². The second kappa shape index (κ2) is 9.32. The Kier molecular flexibility index (Phi) is 6.12. The minimum atomic E-state index is 0.0998. The molecule has 0 spiro atoms. The number of carbonyl (C=O) groups is 1. The van der Waals surface area contributed by atoms with Gasteiger partial charge in [0.15, 0.2) is 4.96 Å². The van der Waals surface area contributed by atoms with Gasteiger partial charge in [0, 0.05) is 45.7 Å². The lowest BCUT2D eigenvalue weighted by atomic mass is 10.2. The molecule has 0 saturated carbocycles. The first-order chi connectivity index (χ1) is 15.7. The number of benzene rings is 1. The van der Waals surface area contributed by atoms with E-state index in [9.17, 15) is 4.79 Å². The van der Waals surface area contributed by atoms with Gasteiger partial charge < -0.3 is 9.32 Å². The van der Waals surface area contributed by atoms with E-state index in [1.165, 1.54) is 0 Å². The molecule has 4 aromatic heterocycles. The molecule has 5 nitrogen and oxygen atoms in total. The van der Waals surface area contributed by atoms with Gasteiger partial charge >= 0.3 is 0 Å². The number of thiophene rings is 1. The number of furan rings is 1. The number of hydrogen-bond acceptors (Lipinski definition) is 5. The number of carbonyl (C=O) groups excluding carboxylic acids is 1. The number of rotatable bonds is 8. The van der Waals surface area contributed by atoms with Gasteiger partial charge in [0.25, 0.3) is 0 Å². The summed E-state index contributed by atoms with van der Waals surface area (Å²) in [6.07, 6.45) is 4.83. The lowest BCUT2D eigenvalue weighted by molar-refractivity contribution is -0.131. The van der Waals surface area contributed by atoms with Gasteiger partial charge in [-0.3, -0.25) is 9.20 Å². The van der Waals surface area contributed by atoms with Crippen molar-refractivity contribution in [3.8, 4) is 11.3 Å². The summed E-state index contributed by atoms with van der Waals surface area (Å²) >= 11 is 9.23. The van der Waals surface area contributed by atoms with Gasteiger partial charge in [0.2, 0.25) is 5.91 Å². The molecule has 0 unspecified atom stereocenters. The zero-order valence-electron chi connectivity index (χ0n) is 17.1. The molecule has 5 aromatic rings. The van der Waals surface area contributed by atoms with Crippen molar-refractivity contribution < 1.29 is 9.21 Å². The van der Waals surface area contributed by atoms with E-state index in [0.29, 0.717) is 24.5 Å². The molecule has 32 heavy (non-hydrogen) atoms. The standard InChI is InChI=1S/C24H20ClN3O2S2/c25-18-7-5-17(6-8-18)22-15-28-19(16-32-24(28)26-22)9-10-27(14-20-3-1-11-30-20)23(29)13-21-4-2-12-31-21/h1-8,11-12,15-16H,9-10,13-14H2. The Morgan fingerprint density at radius 2 is 2.00 bits per heavy atom. The van der Waals surface area contributed by atoms with Crippen LogP contribution in [-0.2, 0) is 24.2 Å². The zero-order chi connectivity index (χ0) is 21.9. The van der Waals surface area contributed by atoms with Crippen molar-refractivity contribution in [3.63, 3.8) is 0 Å². The number of amides is 1. The lowest BCUT2D eigenvalue weighted by Gasteiger charge is -2.21. The quantitative estimate of drug-likeness (QED) is 0.265. The molecule has 0 N–H and O–H groups in total. The van der Waals surface area contributed by atoms with Gasteiger partial charge in [0.1, 0.15) is 5.76 Å². The summed E-state index contributed by atoms with van der Waals surface area (Å²) in [5.74, 6) is 0.885. The van der Waals surface area contributed by atoms with E-state index in [1.54, 1.807) is 28.9 Å². The predicted molar refractivity (Wildman–Crippen MR) is 129 cm³/mol. The first kappa shape index (κ1) is 21.0. The molecule has 4 heterocycles. The highest BCUT2D eigenvalue weighted by atomic mass is 35.5. The molecule has 8 heteroatoms. The summed E-state index contributed by atoms with van der Waals surface area (Å²) in [5, 5.41) is 4.82. The number of halogens is 1. The van der Waals surface area contributed by atoms with Crippen molar-refractivity contribution in [1.29, 1.82) is 0 Å². The average Bonchev–Trinajstić information content (AvgIpc) is 3.57. The summed E-state index contributed by atoms with van der Waals surface area (Å²) < 4.78 is 7.62. The number of imidazole rings is 1. The van der Waals surface area contributed by atoms with Crippen LogP contribution in [0.4, 0.5) is 0 Å². The van der Waals surface area contributed by atoms with Crippen molar-refractivity contribution in [2.45, 2.75) is 19.4 Å².